The number of piperidine rings is 1. The number of nitrogens with zero attached hydrogens (tertiary/aromatic N) is 2. The predicted octanol–water partition coefficient (Wildman–Crippen LogP) is 6.42. The van der Waals surface area contributed by atoms with E-state index in [1.54, 1.807) is 4.90 Å². The third-order valence-corrected chi connectivity index (χ3v) is 11.0. The van der Waals surface area contributed by atoms with Gasteiger partial charge in [0.1, 0.15) is 23.8 Å². The molecule has 2 aromatic rings. The highest BCUT2D eigenvalue weighted by molar-refractivity contribution is 6.31. The fourth-order valence-corrected chi connectivity index (χ4v) is 8.31. The Balaban J connectivity index is 1.37. The molecule has 3 aliphatic rings. The molecule has 3 fully saturated rings. The molecule has 1 saturated carbocycles. The number of benzene rings is 2. The van der Waals surface area contributed by atoms with E-state index >= 15 is 4.39 Å². The summed E-state index contributed by atoms with van der Waals surface area (Å²) in [4.78, 5) is 53.1. The lowest BCUT2D eigenvalue weighted by molar-refractivity contribution is -0.204. The van der Waals surface area contributed by atoms with Gasteiger partial charge in [-0.3, -0.25) is 19.3 Å². The van der Waals surface area contributed by atoms with Crippen LogP contribution in [0.1, 0.15) is 92.5 Å². The van der Waals surface area contributed by atoms with E-state index in [0.717, 1.165) is 22.8 Å². The number of aryl methyl sites for hydroxylation is 1. The molecule has 5 rings (SSSR count). The Kier molecular flexibility index (Phi) is 11.6. The highest BCUT2D eigenvalue weighted by Gasteiger charge is 2.51. The van der Waals surface area contributed by atoms with Crippen LogP contribution in [0.4, 0.5) is 22.0 Å². The molecule has 0 spiro atoms. The molecule has 6 atom stereocenters. The number of aliphatic carboxylic acids is 1. The molecule has 2 amide bonds. The lowest BCUT2D eigenvalue weighted by atomic mass is 9.82. The molecule has 0 bridgehead atoms. The van der Waals surface area contributed by atoms with Gasteiger partial charge in [0.25, 0.3) is 0 Å². The number of carboxylic acid groups (broad SMARTS) is 1. The van der Waals surface area contributed by atoms with Crippen molar-refractivity contribution in [3.63, 3.8) is 0 Å². The summed E-state index contributed by atoms with van der Waals surface area (Å²) >= 11 is 6.55. The molecule has 2 N–H and O–H groups in total. The number of amides is 2. The number of alkyl halides is 3. The Morgan fingerprint density at radius 1 is 1.04 bits per heavy atom. The number of likely N-dealkylation sites (tertiary alicyclic amines) is 2. The number of carbonyl (C=O) groups is 4. The minimum atomic E-state index is -5.26. The largest absolute Gasteiger partial charge is 0.490 e. The van der Waals surface area contributed by atoms with Gasteiger partial charge >= 0.3 is 18.1 Å². The molecule has 2 aliphatic heterocycles. The zero-order valence-electron chi connectivity index (χ0n) is 28.4. The molecular formula is C36H41ClF5N3O6. The van der Waals surface area contributed by atoms with Gasteiger partial charge in [-0.15, -0.1) is 0 Å². The van der Waals surface area contributed by atoms with Crippen molar-refractivity contribution in [2.24, 2.45) is 5.92 Å². The summed E-state index contributed by atoms with van der Waals surface area (Å²) in [6.45, 7) is 5.71. The molecule has 9 nitrogen and oxygen atoms in total. The number of hydrogen-bond acceptors (Lipinski definition) is 6. The SMILES string of the molecule is CC[C@H](NC(C)=O)c1cc(C)c(Cl)cc1C1CCN(C(=O)[C@@H]2CC(N3C[C@H](OC(=O)C(F)(F)F)C[C@@H]3C(=O)O)C[C@H]2c2ccc(F)cc2F)CC1. The zero-order chi connectivity index (χ0) is 37.4. The van der Waals surface area contributed by atoms with E-state index in [1.165, 1.54) is 17.9 Å². The molecular weight excluding hydrogens is 701 g/mol. The van der Waals surface area contributed by atoms with Crippen LogP contribution in [0, 0.1) is 24.5 Å². The molecule has 1 unspecified atom stereocenters. The fraction of sp³-hybridized carbons (Fsp3) is 0.556. The van der Waals surface area contributed by atoms with Crippen LogP contribution < -0.4 is 5.32 Å². The number of rotatable bonds is 9. The second-order valence-corrected chi connectivity index (χ2v) is 14.2. The Morgan fingerprint density at radius 2 is 1.73 bits per heavy atom. The van der Waals surface area contributed by atoms with Gasteiger partial charge < -0.3 is 20.1 Å². The van der Waals surface area contributed by atoms with Crippen molar-refractivity contribution >= 4 is 35.4 Å². The second-order valence-electron chi connectivity index (χ2n) is 13.8. The summed E-state index contributed by atoms with van der Waals surface area (Å²) in [5.41, 5.74) is 2.90. The quantitative estimate of drug-likeness (QED) is 0.225. The van der Waals surface area contributed by atoms with Crippen molar-refractivity contribution in [1.82, 2.24) is 15.1 Å². The molecule has 2 aromatic carbocycles. The van der Waals surface area contributed by atoms with Gasteiger partial charge in [0, 0.05) is 56.0 Å². The molecule has 51 heavy (non-hydrogen) atoms. The van der Waals surface area contributed by atoms with Crippen molar-refractivity contribution in [3.8, 4) is 0 Å². The summed E-state index contributed by atoms with van der Waals surface area (Å²) in [5.74, 6) is -7.48. The Hall–Kier alpha value is -3.78. The Bertz CT molecular complexity index is 1670. The van der Waals surface area contributed by atoms with Gasteiger partial charge in [-0.05, 0) is 85.3 Å². The lowest BCUT2D eigenvalue weighted by Gasteiger charge is -2.36. The zero-order valence-corrected chi connectivity index (χ0v) is 29.2. The van der Waals surface area contributed by atoms with Crippen LogP contribution in [0.15, 0.2) is 30.3 Å². The standard InChI is InChI=1S/C36H41ClF5N3O6/c1-4-31(43-19(3)46)27-11-18(2)29(37)16-25(27)20-7-9-44(10-8-20)33(47)28-14-22(13-26(28)24-6-5-21(38)12-30(24)39)45-17-23(15-32(45)34(48)49)51-35(50)36(40,41)42/h5-6,11-12,16,20,22-23,26,28,31-32H,4,7-10,13-15,17H2,1-3H3,(H,43,46)(H,48,49)/t22?,23-,26+,28-,31+,32-/m1/s1. The molecule has 0 radical (unpaired) electrons. The van der Waals surface area contributed by atoms with Crippen molar-refractivity contribution in [1.29, 1.82) is 0 Å². The number of carbonyl (C=O) groups excluding carboxylic acids is 3. The van der Waals surface area contributed by atoms with Crippen LogP contribution in [0.2, 0.25) is 5.02 Å². The average molecular weight is 742 g/mol. The molecule has 2 heterocycles. The van der Waals surface area contributed by atoms with Gasteiger partial charge in [0.05, 0.1) is 6.04 Å². The van der Waals surface area contributed by atoms with Crippen molar-refractivity contribution in [2.45, 2.75) is 102 Å². The topological polar surface area (TPSA) is 116 Å². The highest BCUT2D eigenvalue weighted by atomic mass is 35.5. The first-order valence-electron chi connectivity index (χ1n) is 17.1. The molecule has 1 aliphatic carbocycles. The molecule has 2 saturated heterocycles. The van der Waals surface area contributed by atoms with E-state index in [1.807, 2.05) is 26.0 Å². The van der Waals surface area contributed by atoms with E-state index < -0.39 is 59.8 Å². The molecule has 278 valence electrons. The van der Waals surface area contributed by atoms with Crippen LogP contribution in [0.25, 0.3) is 0 Å². The summed E-state index contributed by atoms with van der Waals surface area (Å²) in [7, 11) is 0. The molecule has 0 aromatic heterocycles. The number of halogens is 6. The number of carboxylic acids is 1. The minimum absolute atomic E-state index is 0.0175. The number of nitrogens with one attached hydrogen (secondary N) is 1. The van der Waals surface area contributed by atoms with Crippen LogP contribution in [0.5, 0.6) is 0 Å². The number of hydrogen-bond donors (Lipinski definition) is 2. The maximum absolute atomic E-state index is 15.2. The third kappa shape index (κ3) is 8.48. The predicted molar refractivity (Wildman–Crippen MR) is 176 cm³/mol. The monoisotopic (exact) mass is 741 g/mol. The summed E-state index contributed by atoms with van der Waals surface area (Å²) in [6, 6.07) is 4.75. The number of esters is 1. The highest BCUT2D eigenvalue weighted by Crippen LogP contribution is 2.46. The van der Waals surface area contributed by atoms with Gasteiger partial charge in [-0.25, -0.2) is 13.6 Å². The van der Waals surface area contributed by atoms with Crippen molar-refractivity contribution in [2.75, 3.05) is 19.6 Å². The lowest BCUT2D eigenvalue weighted by Crippen LogP contribution is -2.44. The van der Waals surface area contributed by atoms with E-state index in [0.29, 0.717) is 43.4 Å². The first kappa shape index (κ1) is 38.5. The second kappa shape index (κ2) is 15.4. The smallest absolute Gasteiger partial charge is 0.480 e. The Morgan fingerprint density at radius 3 is 2.31 bits per heavy atom. The first-order valence-corrected chi connectivity index (χ1v) is 17.4. The minimum Gasteiger partial charge on any atom is -0.480 e. The molecule has 15 heteroatoms. The van der Waals surface area contributed by atoms with Crippen LogP contribution in [-0.4, -0.2) is 82.7 Å². The van der Waals surface area contributed by atoms with Crippen LogP contribution in [-0.2, 0) is 23.9 Å². The van der Waals surface area contributed by atoms with E-state index in [-0.39, 0.29) is 55.1 Å². The van der Waals surface area contributed by atoms with E-state index in [4.69, 9.17) is 11.6 Å². The number of ether oxygens (including phenoxy) is 1. The normalized spacial score (nSPS) is 25.1. The maximum Gasteiger partial charge on any atom is 0.490 e. The first-order chi connectivity index (χ1) is 24.0. The van der Waals surface area contributed by atoms with Crippen LogP contribution >= 0.6 is 11.6 Å². The van der Waals surface area contributed by atoms with E-state index in [2.05, 4.69) is 10.1 Å². The van der Waals surface area contributed by atoms with E-state index in [9.17, 15) is 41.8 Å². The summed E-state index contributed by atoms with van der Waals surface area (Å²) in [5, 5.41) is 13.5. The van der Waals surface area contributed by atoms with Crippen molar-refractivity contribution in [3.05, 3.63) is 69.2 Å². The average Bonchev–Trinajstić information content (AvgIpc) is 3.69. The van der Waals surface area contributed by atoms with Gasteiger partial charge in [-0.1, -0.05) is 30.7 Å². The fourth-order valence-electron chi connectivity index (χ4n) is 8.14. The van der Waals surface area contributed by atoms with Gasteiger partial charge in [0.15, 0.2) is 0 Å². The van der Waals surface area contributed by atoms with Gasteiger partial charge in [0.2, 0.25) is 11.8 Å². The maximum atomic E-state index is 15.2. The third-order valence-electron chi connectivity index (χ3n) is 10.5. The Labute approximate surface area is 297 Å². The van der Waals surface area contributed by atoms with Crippen LogP contribution in [0.3, 0.4) is 0 Å². The summed E-state index contributed by atoms with van der Waals surface area (Å²) in [6.07, 6.45) is -5.07. The van der Waals surface area contributed by atoms with Crippen molar-refractivity contribution < 1.29 is 51.0 Å². The summed E-state index contributed by atoms with van der Waals surface area (Å²) < 4.78 is 72.5. The van der Waals surface area contributed by atoms with Gasteiger partial charge in [-0.2, -0.15) is 13.2 Å².